The molecule has 0 spiro atoms. The first kappa shape index (κ1) is 10.5. The Morgan fingerprint density at radius 2 is 2.40 bits per heavy atom. The fourth-order valence-corrected chi connectivity index (χ4v) is 1.95. The van der Waals surface area contributed by atoms with E-state index in [1.54, 1.807) is 6.20 Å². The summed E-state index contributed by atoms with van der Waals surface area (Å²) >= 11 is 0. The van der Waals surface area contributed by atoms with E-state index >= 15 is 0 Å². The first-order chi connectivity index (χ1) is 7.38. The minimum Gasteiger partial charge on any atom is -0.314 e. The van der Waals surface area contributed by atoms with Crippen molar-refractivity contribution in [3.8, 4) is 0 Å². The second kappa shape index (κ2) is 5.16. The van der Waals surface area contributed by atoms with Crippen molar-refractivity contribution >= 4 is 0 Å². The molecule has 0 amide bonds. The Morgan fingerprint density at radius 1 is 1.47 bits per heavy atom. The van der Waals surface area contributed by atoms with Gasteiger partial charge in [-0.25, -0.2) is 4.98 Å². The van der Waals surface area contributed by atoms with Crippen LogP contribution in [0.5, 0.6) is 0 Å². The molecule has 1 unspecified atom stereocenters. The molecule has 1 aromatic rings. The van der Waals surface area contributed by atoms with E-state index in [-0.39, 0.29) is 0 Å². The Morgan fingerprint density at radius 3 is 3.13 bits per heavy atom. The number of aryl methyl sites for hydroxylation is 1. The van der Waals surface area contributed by atoms with E-state index in [0.717, 1.165) is 30.9 Å². The summed E-state index contributed by atoms with van der Waals surface area (Å²) in [5.74, 6) is 0.883. The maximum absolute atomic E-state index is 4.47. The SMILES string of the molecule is CCc1cnnc(CC2CCCCN2)n1. The quantitative estimate of drug-likeness (QED) is 0.805. The van der Waals surface area contributed by atoms with Gasteiger partial charge < -0.3 is 5.32 Å². The molecule has 1 saturated heterocycles. The minimum atomic E-state index is 0.549. The Kier molecular flexibility index (Phi) is 3.61. The first-order valence-corrected chi connectivity index (χ1v) is 5.79. The van der Waals surface area contributed by atoms with E-state index in [1.807, 2.05) is 0 Å². The molecule has 1 fully saturated rings. The third kappa shape index (κ3) is 2.96. The lowest BCUT2D eigenvalue weighted by Gasteiger charge is -2.22. The molecule has 82 valence electrons. The van der Waals surface area contributed by atoms with Gasteiger partial charge in [0.05, 0.1) is 11.9 Å². The van der Waals surface area contributed by atoms with Gasteiger partial charge in [-0.3, -0.25) is 0 Å². The molecule has 4 nitrogen and oxygen atoms in total. The van der Waals surface area contributed by atoms with Gasteiger partial charge in [-0.2, -0.15) is 5.10 Å². The van der Waals surface area contributed by atoms with Crippen LogP contribution in [0.25, 0.3) is 0 Å². The van der Waals surface area contributed by atoms with Crippen LogP contribution in [0.2, 0.25) is 0 Å². The molecular formula is C11H18N4. The number of piperidine rings is 1. The van der Waals surface area contributed by atoms with Crippen molar-refractivity contribution in [3.63, 3.8) is 0 Å². The van der Waals surface area contributed by atoms with Crippen LogP contribution in [-0.4, -0.2) is 27.8 Å². The number of aromatic nitrogens is 3. The van der Waals surface area contributed by atoms with Gasteiger partial charge in [-0.05, 0) is 25.8 Å². The van der Waals surface area contributed by atoms with Gasteiger partial charge in [0.2, 0.25) is 0 Å². The highest BCUT2D eigenvalue weighted by Crippen LogP contribution is 2.10. The van der Waals surface area contributed by atoms with Crippen LogP contribution in [0.4, 0.5) is 0 Å². The van der Waals surface area contributed by atoms with Gasteiger partial charge in [-0.1, -0.05) is 13.3 Å². The first-order valence-electron chi connectivity index (χ1n) is 5.79. The average molecular weight is 206 g/mol. The summed E-state index contributed by atoms with van der Waals surface area (Å²) in [6, 6.07) is 0.549. The van der Waals surface area contributed by atoms with Crippen LogP contribution in [0.15, 0.2) is 6.20 Å². The monoisotopic (exact) mass is 206 g/mol. The molecule has 1 N–H and O–H groups in total. The molecule has 2 heterocycles. The van der Waals surface area contributed by atoms with Crippen molar-refractivity contribution in [2.24, 2.45) is 0 Å². The van der Waals surface area contributed by atoms with E-state index in [9.17, 15) is 0 Å². The summed E-state index contributed by atoms with van der Waals surface area (Å²) in [5, 5.41) is 11.6. The molecule has 2 rings (SSSR count). The van der Waals surface area contributed by atoms with Crippen molar-refractivity contribution in [1.82, 2.24) is 20.5 Å². The molecule has 0 aliphatic carbocycles. The maximum atomic E-state index is 4.47. The van der Waals surface area contributed by atoms with E-state index in [2.05, 4.69) is 27.4 Å². The second-order valence-corrected chi connectivity index (χ2v) is 4.07. The van der Waals surface area contributed by atoms with E-state index < -0.39 is 0 Å². The van der Waals surface area contributed by atoms with Gasteiger partial charge >= 0.3 is 0 Å². The van der Waals surface area contributed by atoms with Gasteiger partial charge in [0.1, 0.15) is 0 Å². The zero-order valence-corrected chi connectivity index (χ0v) is 9.24. The van der Waals surface area contributed by atoms with Crippen molar-refractivity contribution in [3.05, 3.63) is 17.7 Å². The summed E-state index contributed by atoms with van der Waals surface area (Å²) in [4.78, 5) is 4.47. The van der Waals surface area contributed by atoms with E-state index in [0.29, 0.717) is 6.04 Å². The Labute approximate surface area is 90.5 Å². The molecule has 0 radical (unpaired) electrons. The Bertz CT molecular complexity index is 307. The molecule has 1 aliphatic heterocycles. The normalized spacial score (nSPS) is 21.5. The lowest BCUT2D eigenvalue weighted by atomic mass is 10.0. The molecule has 0 saturated carbocycles. The van der Waals surface area contributed by atoms with E-state index in [4.69, 9.17) is 0 Å². The fraction of sp³-hybridized carbons (Fsp3) is 0.727. The molecule has 1 atom stereocenters. The summed E-state index contributed by atoms with van der Waals surface area (Å²) in [6.45, 7) is 3.22. The Hall–Kier alpha value is -1.03. The van der Waals surface area contributed by atoms with Gasteiger partial charge in [-0.15, -0.1) is 5.10 Å². The molecule has 4 heteroatoms. The van der Waals surface area contributed by atoms with Gasteiger partial charge in [0.25, 0.3) is 0 Å². The maximum Gasteiger partial charge on any atom is 0.152 e. The summed E-state index contributed by atoms with van der Waals surface area (Å²) < 4.78 is 0. The highest BCUT2D eigenvalue weighted by molar-refractivity contribution is 4.97. The second-order valence-electron chi connectivity index (χ2n) is 4.07. The predicted octanol–water partition coefficient (Wildman–Crippen LogP) is 1.12. The standard InChI is InChI=1S/C11H18N4/c1-2-9-8-13-15-11(14-9)7-10-5-3-4-6-12-10/h8,10,12H,2-7H2,1H3. The average Bonchev–Trinajstić information content (AvgIpc) is 2.31. The van der Waals surface area contributed by atoms with Crippen LogP contribution < -0.4 is 5.32 Å². The zero-order chi connectivity index (χ0) is 10.5. The van der Waals surface area contributed by atoms with Crippen molar-refractivity contribution in [2.75, 3.05) is 6.54 Å². The zero-order valence-electron chi connectivity index (χ0n) is 9.24. The number of hydrogen-bond acceptors (Lipinski definition) is 4. The smallest absolute Gasteiger partial charge is 0.152 e. The lowest BCUT2D eigenvalue weighted by Crippen LogP contribution is -2.36. The van der Waals surface area contributed by atoms with Crippen molar-refractivity contribution < 1.29 is 0 Å². The third-order valence-corrected chi connectivity index (χ3v) is 2.86. The van der Waals surface area contributed by atoms with Crippen LogP contribution in [0.3, 0.4) is 0 Å². The molecule has 1 aliphatic rings. The third-order valence-electron chi connectivity index (χ3n) is 2.86. The van der Waals surface area contributed by atoms with E-state index in [1.165, 1.54) is 19.3 Å². The highest BCUT2D eigenvalue weighted by atomic mass is 15.1. The van der Waals surface area contributed by atoms with Gasteiger partial charge in [0.15, 0.2) is 5.82 Å². The van der Waals surface area contributed by atoms with Crippen LogP contribution in [-0.2, 0) is 12.8 Å². The molecule has 1 aromatic heterocycles. The minimum absolute atomic E-state index is 0.549. The predicted molar refractivity (Wildman–Crippen MR) is 58.6 cm³/mol. The number of hydrogen-bond donors (Lipinski definition) is 1. The molecule has 0 bridgehead atoms. The fourth-order valence-electron chi connectivity index (χ4n) is 1.95. The Balaban J connectivity index is 1.96. The lowest BCUT2D eigenvalue weighted by molar-refractivity contribution is 0.393. The van der Waals surface area contributed by atoms with Crippen molar-refractivity contribution in [1.29, 1.82) is 0 Å². The molecule has 15 heavy (non-hydrogen) atoms. The van der Waals surface area contributed by atoms with Crippen LogP contribution >= 0.6 is 0 Å². The number of nitrogens with zero attached hydrogens (tertiary/aromatic N) is 3. The van der Waals surface area contributed by atoms with Gasteiger partial charge in [0, 0.05) is 12.5 Å². The number of rotatable bonds is 3. The molecular weight excluding hydrogens is 188 g/mol. The molecule has 0 aromatic carbocycles. The number of nitrogens with one attached hydrogen (secondary N) is 1. The summed E-state index contributed by atoms with van der Waals surface area (Å²) in [5.41, 5.74) is 1.04. The topological polar surface area (TPSA) is 50.7 Å². The van der Waals surface area contributed by atoms with Crippen molar-refractivity contribution in [2.45, 2.75) is 45.1 Å². The van der Waals surface area contributed by atoms with Crippen LogP contribution in [0.1, 0.15) is 37.7 Å². The highest BCUT2D eigenvalue weighted by Gasteiger charge is 2.14. The largest absolute Gasteiger partial charge is 0.314 e. The summed E-state index contributed by atoms with van der Waals surface area (Å²) in [6.07, 6.45) is 7.45. The van der Waals surface area contributed by atoms with Crippen LogP contribution in [0, 0.1) is 0 Å². The summed E-state index contributed by atoms with van der Waals surface area (Å²) in [7, 11) is 0.